The maximum absolute atomic E-state index is 11.5. The van der Waals surface area contributed by atoms with Crippen LogP contribution in [0.25, 0.3) is 0 Å². The fourth-order valence-electron chi connectivity index (χ4n) is 1.08. The van der Waals surface area contributed by atoms with E-state index >= 15 is 0 Å². The van der Waals surface area contributed by atoms with Gasteiger partial charge in [-0.15, -0.1) is 10.2 Å². The van der Waals surface area contributed by atoms with Crippen molar-refractivity contribution in [1.29, 1.82) is 0 Å². The molecular formula is C10H15ClN4O. The standard InChI is InChI=1S/C10H15ClN4O/c1-3-6-12-10(16)7(2)13-9-5-4-8(11)14-15-9/h4-5,7H,3,6H2,1-2H3,(H,12,16)(H,13,15). The number of halogens is 1. The van der Waals surface area contributed by atoms with Gasteiger partial charge in [0.05, 0.1) is 0 Å². The van der Waals surface area contributed by atoms with Crippen LogP contribution in [0.3, 0.4) is 0 Å². The second-order valence-electron chi connectivity index (χ2n) is 3.40. The highest BCUT2D eigenvalue weighted by atomic mass is 35.5. The molecule has 6 heteroatoms. The summed E-state index contributed by atoms with van der Waals surface area (Å²) in [4.78, 5) is 11.5. The Hall–Kier alpha value is -1.36. The van der Waals surface area contributed by atoms with Crippen molar-refractivity contribution in [3.8, 4) is 0 Å². The Labute approximate surface area is 99.6 Å². The van der Waals surface area contributed by atoms with E-state index in [1.807, 2.05) is 6.92 Å². The Bertz CT molecular complexity index is 341. The van der Waals surface area contributed by atoms with Crippen molar-refractivity contribution in [2.75, 3.05) is 11.9 Å². The van der Waals surface area contributed by atoms with Crippen molar-refractivity contribution < 1.29 is 4.79 Å². The molecule has 0 bridgehead atoms. The Morgan fingerprint density at radius 2 is 2.25 bits per heavy atom. The van der Waals surface area contributed by atoms with Crippen LogP contribution in [0.4, 0.5) is 5.82 Å². The van der Waals surface area contributed by atoms with Crippen molar-refractivity contribution in [2.24, 2.45) is 0 Å². The van der Waals surface area contributed by atoms with Gasteiger partial charge in [-0.3, -0.25) is 4.79 Å². The first-order valence-corrected chi connectivity index (χ1v) is 5.54. The lowest BCUT2D eigenvalue weighted by Gasteiger charge is -2.13. The number of nitrogens with one attached hydrogen (secondary N) is 2. The lowest BCUT2D eigenvalue weighted by molar-refractivity contribution is -0.121. The third kappa shape index (κ3) is 4.02. The largest absolute Gasteiger partial charge is 0.357 e. The summed E-state index contributed by atoms with van der Waals surface area (Å²) in [5.41, 5.74) is 0. The first-order valence-electron chi connectivity index (χ1n) is 5.17. The van der Waals surface area contributed by atoms with Crippen LogP contribution in [0.5, 0.6) is 0 Å². The molecule has 1 heterocycles. The number of hydrogen-bond donors (Lipinski definition) is 2. The molecule has 0 saturated carbocycles. The summed E-state index contributed by atoms with van der Waals surface area (Å²) in [6, 6.07) is 2.95. The van der Waals surface area contributed by atoms with Gasteiger partial charge >= 0.3 is 0 Å². The molecule has 1 amide bonds. The number of hydrogen-bond acceptors (Lipinski definition) is 4. The molecule has 0 saturated heterocycles. The number of rotatable bonds is 5. The molecule has 5 nitrogen and oxygen atoms in total. The van der Waals surface area contributed by atoms with Gasteiger partial charge in [-0.25, -0.2) is 0 Å². The van der Waals surface area contributed by atoms with E-state index in [-0.39, 0.29) is 11.9 Å². The molecule has 0 aliphatic carbocycles. The first kappa shape index (κ1) is 12.7. The van der Waals surface area contributed by atoms with E-state index in [0.29, 0.717) is 17.5 Å². The minimum Gasteiger partial charge on any atom is -0.357 e. The molecule has 16 heavy (non-hydrogen) atoms. The zero-order chi connectivity index (χ0) is 12.0. The second-order valence-corrected chi connectivity index (χ2v) is 3.79. The minimum atomic E-state index is -0.345. The normalized spacial score (nSPS) is 11.9. The van der Waals surface area contributed by atoms with Gasteiger partial charge in [-0.1, -0.05) is 18.5 Å². The lowest BCUT2D eigenvalue weighted by Crippen LogP contribution is -2.38. The average Bonchev–Trinajstić information content (AvgIpc) is 2.29. The average molecular weight is 243 g/mol. The van der Waals surface area contributed by atoms with Crippen molar-refractivity contribution in [1.82, 2.24) is 15.5 Å². The molecule has 0 radical (unpaired) electrons. The van der Waals surface area contributed by atoms with E-state index in [9.17, 15) is 4.79 Å². The quantitative estimate of drug-likeness (QED) is 0.820. The third-order valence-electron chi connectivity index (χ3n) is 1.94. The van der Waals surface area contributed by atoms with Gasteiger partial charge in [0.25, 0.3) is 0 Å². The molecular weight excluding hydrogens is 228 g/mol. The number of carbonyl (C=O) groups is 1. The zero-order valence-corrected chi connectivity index (χ0v) is 10.1. The van der Waals surface area contributed by atoms with E-state index < -0.39 is 0 Å². The maximum Gasteiger partial charge on any atom is 0.242 e. The van der Waals surface area contributed by atoms with E-state index in [1.165, 1.54) is 0 Å². The smallest absolute Gasteiger partial charge is 0.242 e. The van der Waals surface area contributed by atoms with E-state index in [2.05, 4.69) is 20.8 Å². The Kier molecular flexibility index (Phi) is 4.98. The zero-order valence-electron chi connectivity index (χ0n) is 9.33. The Morgan fingerprint density at radius 3 is 2.81 bits per heavy atom. The molecule has 88 valence electrons. The molecule has 1 atom stereocenters. The van der Waals surface area contributed by atoms with Gasteiger partial charge in [-0.05, 0) is 25.5 Å². The van der Waals surface area contributed by atoms with Crippen LogP contribution >= 0.6 is 11.6 Å². The summed E-state index contributed by atoms with van der Waals surface area (Å²) in [5.74, 6) is 0.474. The van der Waals surface area contributed by atoms with Gasteiger partial charge < -0.3 is 10.6 Å². The van der Waals surface area contributed by atoms with Gasteiger partial charge in [-0.2, -0.15) is 0 Å². The number of anilines is 1. The fourth-order valence-corrected chi connectivity index (χ4v) is 1.18. The van der Waals surface area contributed by atoms with Gasteiger partial charge in [0.2, 0.25) is 5.91 Å². The molecule has 1 aromatic heterocycles. The van der Waals surface area contributed by atoms with Crippen LogP contribution in [-0.2, 0) is 4.79 Å². The van der Waals surface area contributed by atoms with Crippen molar-refractivity contribution in [3.63, 3.8) is 0 Å². The first-order chi connectivity index (χ1) is 7.63. The predicted molar refractivity (Wildman–Crippen MR) is 63.4 cm³/mol. The summed E-state index contributed by atoms with van der Waals surface area (Å²) >= 11 is 5.60. The van der Waals surface area contributed by atoms with Gasteiger partial charge in [0, 0.05) is 6.54 Å². The highest BCUT2D eigenvalue weighted by Gasteiger charge is 2.11. The predicted octanol–water partition coefficient (Wildman–Crippen LogP) is 1.46. The fraction of sp³-hybridized carbons (Fsp3) is 0.500. The second kappa shape index (κ2) is 6.27. The number of amides is 1. The van der Waals surface area contributed by atoms with Gasteiger partial charge in [0.1, 0.15) is 11.9 Å². The molecule has 0 fully saturated rings. The highest BCUT2D eigenvalue weighted by molar-refractivity contribution is 6.29. The van der Waals surface area contributed by atoms with E-state index in [4.69, 9.17) is 11.6 Å². The van der Waals surface area contributed by atoms with Crippen molar-refractivity contribution >= 4 is 23.3 Å². The molecule has 1 aromatic rings. The third-order valence-corrected chi connectivity index (χ3v) is 2.14. The Balaban J connectivity index is 2.47. The molecule has 0 aromatic carbocycles. The van der Waals surface area contributed by atoms with Crippen LogP contribution in [-0.4, -0.2) is 28.7 Å². The number of carbonyl (C=O) groups excluding carboxylic acids is 1. The number of nitrogens with zero attached hydrogens (tertiary/aromatic N) is 2. The minimum absolute atomic E-state index is 0.0569. The van der Waals surface area contributed by atoms with Crippen LogP contribution < -0.4 is 10.6 Å². The van der Waals surface area contributed by atoms with Crippen LogP contribution in [0.15, 0.2) is 12.1 Å². The molecule has 1 unspecified atom stereocenters. The van der Waals surface area contributed by atoms with E-state index in [0.717, 1.165) is 6.42 Å². The summed E-state index contributed by atoms with van der Waals surface area (Å²) in [6.45, 7) is 4.45. The molecule has 1 rings (SSSR count). The molecule has 2 N–H and O–H groups in total. The summed E-state index contributed by atoms with van der Waals surface area (Å²) < 4.78 is 0. The Morgan fingerprint density at radius 1 is 1.50 bits per heavy atom. The molecule has 0 spiro atoms. The summed E-state index contributed by atoms with van der Waals surface area (Å²) in [6.07, 6.45) is 0.916. The van der Waals surface area contributed by atoms with E-state index in [1.54, 1.807) is 19.1 Å². The van der Waals surface area contributed by atoms with Crippen molar-refractivity contribution in [3.05, 3.63) is 17.3 Å². The van der Waals surface area contributed by atoms with Crippen molar-refractivity contribution in [2.45, 2.75) is 26.3 Å². The molecule has 0 aliphatic heterocycles. The highest BCUT2D eigenvalue weighted by Crippen LogP contribution is 2.07. The lowest BCUT2D eigenvalue weighted by atomic mass is 10.3. The topological polar surface area (TPSA) is 66.9 Å². The van der Waals surface area contributed by atoms with Crippen LogP contribution in [0, 0.1) is 0 Å². The molecule has 0 aliphatic rings. The summed E-state index contributed by atoms with van der Waals surface area (Å²) in [5, 5.41) is 13.5. The number of aromatic nitrogens is 2. The monoisotopic (exact) mass is 242 g/mol. The van der Waals surface area contributed by atoms with Crippen LogP contribution in [0.2, 0.25) is 5.15 Å². The maximum atomic E-state index is 11.5. The van der Waals surface area contributed by atoms with Gasteiger partial charge in [0.15, 0.2) is 5.15 Å². The summed E-state index contributed by atoms with van der Waals surface area (Å²) in [7, 11) is 0. The SMILES string of the molecule is CCCNC(=O)C(C)Nc1ccc(Cl)nn1. The van der Waals surface area contributed by atoms with Crippen LogP contribution in [0.1, 0.15) is 20.3 Å².